The lowest BCUT2D eigenvalue weighted by molar-refractivity contribution is 0.0895. The van der Waals surface area contributed by atoms with Crippen molar-refractivity contribution in [3.8, 4) is 0 Å². The summed E-state index contributed by atoms with van der Waals surface area (Å²) in [5.41, 5.74) is 0.270. The minimum absolute atomic E-state index is 0.135. The molecule has 0 radical (unpaired) electrons. The quantitative estimate of drug-likeness (QED) is 0.718. The molecule has 22 heavy (non-hydrogen) atoms. The van der Waals surface area contributed by atoms with Gasteiger partial charge in [0, 0.05) is 39.3 Å². The van der Waals surface area contributed by atoms with E-state index >= 15 is 0 Å². The average molecular weight is 350 g/mol. The molecule has 0 unspecified atom stereocenters. The van der Waals surface area contributed by atoms with Gasteiger partial charge in [0.1, 0.15) is 0 Å². The fourth-order valence-electron chi connectivity index (χ4n) is 1.91. The van der Waals surface area contributed by atoms with Crippen LogP contribution < -0.4 is 0 Å². The van der Waals surface area contributed by atoms with Crippen molar-refractivity contribution in [1.29, 1.82) is 0 Å². The molecular formula is C14H36N6P2. The standard InChI is InChI=1S/C14H36N6P2/c1-13(2,3)17(11)21-19(15(7)8)22(20(21)16(9)10)18(12)14(4,5)6/h1-12H3. The van der Waals surface area contributed by atoms with Crippen LogP contribution in [0.25, 0.3) is 0 Å². The molecule has 0 N–H and O–H groups in total. The normalized spacial score (nSPS) is 25.6. The molecule has 0 saturated carbocycles. The molecule has 0 atom stereocenters. The Bertz CT molecular complexity index is 333. The molecular weight excluding hydrogens is 314 g/mol. The van der Waals surface area contributed by atoms with E-state index in [1.54, 1.807) is 0 Å². The Morgan fingerprint density at radius 2 is 0.773 bits per heavy atom. The SMILES string of the molecule is CN(C)N1P(N(C)C(C)(C)C)N(N(C)C)P1N(C)C(C)(C)C. The second-order valence-electron chi connectivity index (χ2n) is 8.16. The third-order valence-corrected chi connectivity index (χ3v) is 10.7. The van der Waals surface area contributed by atoms with Crippen molar-refractivity contribution < 1.29 is 0 Å². The Kier molecular flexibility index (Phi) is 6.44. The first kappa shape index (κ1) is 20.7. The number of hydrazine groups is 2. The number of nitrogens with zero attached hydrogens (tertiary/aromatic N) is 6. The first-order valence-corrected chi connectivity index (χ1v) is 10.1. The lowest BCUT2D eigenvalue weighted by atomic mass is 10.1. The minimum Gasteiger partial charge on any atom is -0.253 e. The van der Waals surface area contributed by atoms with Gasteiger partial charge in [-0.3, -0.25) is 9.34 Å². The van der Waals surface area contributed by atoms with Crippen molar-refractivity contribution in [2.45, 2.75) is 52.6 Å². The molecule has 1 aliphatic rings. The van der Waals surface area contributed by atoms with E-state index in [0.717, 1.165) is 0 Å². The maximum atomic E-state index is 2.56. The van der Waals surface area contributed by atoms with E-state index in [1.807, 2.05) is 0 Å². The Hall–Kier alpha value is 0.620. The van der Waals surface area contributed by atoms with Gasteiger partial charge in [0.05, 0.1) is 0 Å². The van der Waals surface area contributed by atoms with Gasteiger partial charge in [-0.1, -0.05) is 0 Å². The van der Waals surface area contributed by atoms with Crippen molar-refractivity contribution in [2.24, 2.45) is 0 Å². The van der Waals surface area contributed by atoms with Crippen LogP contribution in [0.2, 0.25) is 0 Å². The molecule has 0 bridgehead atoms. The molecule has 0 aromatic heterocycles. The maximum Gasteiger partial charge on any atom is 0.162 e. The van der Waals surface area contributed by atoms with Crippen molar-refractivity contribution in [1.82, 2.24) is 28.5 Å². The molecule has 1 heterocycles. The Morgan fingerprint density at radius 3 is 0.909 bits per heavy atom. The maximum absolute atomic E-state index is 2.56. The molecule has 1 saturated heterocycles. The zero-order valence-electron chi connectivity index (χ0n) is 16.6. The Balaban J connectivity index is 3.18. The highest BCUT2D eigenvalue weighted by molar-refractivity contribution is 7.80. The summed E-state index contributed by atoms with van der Waals surface area (Å²) in [5, 5.41) is 4.53. The van der Waals surface area contributed by atoms with Crippen molar-refractivity contribution in [3.05, 3.63) is 0 Å². The van der Waals surface area contributed by atoms with Gasteiger partial charge >= 0.3 is 0 Å². The van der Waals surface area contributed by atoms with Crippen LogP contribution in [0.1, 0.15) is 41.5 Å². The van der Waals surface area contributed by atoms with Gasteiger partial charge in [0.25, 0.3) is 0 Å². The lowest BCUT2D eigenvalue weighted by Crippen LogP contribution is -2.59. The van der Waals surface area contributed by atoms with E-state index in [0.29, 0.717) is 0 Å². The van der Waals surface area contributed by atoms with Crippen LogP contribution in [0.15, 0.2) is 0 Å². The predicted molar refractivity (Wildman–Crippen MR) is 99.9 cm³/mol. The summed E-state index contributed by atoms with van der Waals surface area (Å²) >= 11 is 0. The van der Waals surface area contributed by atoms with Crippen LogP contribution in [0.5, 0.6) is 0 Å². The van der Waals surface area contributed by atoms with E-state index in [-0.39, 0.29) is 11.1 Å². The van der Waals surface area contributed by atoms with Gasteiger partial charge < -0.3 is 0 Å². The highest BCUT2D eigenvalue weighted by Gasteiger charge is 2.57. The smallest absolute Gasteiger partial charge is 0.162 e. The van der Waals surface area contributed by atoms with Crippen LogP contribution in [0.4, 0.5) is 0 Å². The molecule has 0 aromatic carbocycles. The summed E-state index contributed by atoms with van der Waals surface area (Å²) in [6, 6.07) is 0. The third-order valence-electron chi connectivity index (χ3n) is 3.83. The third kappa shape index (κ3) is 3.99. The highest BCUT2D eigenvalue weighted by Crippen LogP contribution is 2.80. The van der Waals surface area contributed by atoms with Gasteiger partial charge in [-0.2, -0.15) is 0 Å². The molecule has 6 nitrogen and oxygen atoms in total. The lowest BCUT2D eigenvalue weighted by Gasteiger charge is -2.65. The van der Waals surface area contributed by atoms with Crippen LogP contribution in [-0.2, 0) is 0 Å². The zero-order chi connectivity index (χ0) is 17.6. The molecule has 0 spiro atoms. The van der Waals surface area contributed by atoms with Crippen LogP contribution in [0, 0.1) is 0 Å². The summed E-state index contributed by atoms with van der Waals surface area (Å²) in [6.45, 7) is 13.7. The summed E-state index contributed by atoms with van der Waals surface area (Å²) in [4.78, 5) is 0. The highest BCUT2D eigenvalue weighted by atomic mass is 31.3. The van der Waals surface area contributed by atoms with E-state index in [9.17, 15) is 0 Å². The minimum atomic E-state index is -0.533. The molecule has 1 rings (SSSR count). The second kappa shape index (κ2) is 6.85. The Morgan fingerprint density at radius 1 is 0.545 bits per heavy atom. The van der Waals surface area contributed by atoms with Gasteiger partial charge in [0.2, 0.25) is 0 Å². The number of hydrogen-bond donors (Lipinski definition) is 0. The second-order valence-corrected chi connectivity index (χ2v) is 12.6. The van der Waals surface area contributed by atoms with E-state index in [1.165, 1.54) is 0 Å². The van der Waals surface area contributed by atoms with Crippen molar-refractivity contribution in [3.63, 3.8) is 0 Å². The summed E-state index contributed by atoms with van der Waals surface area (Å²) in [6.07, 6.45) is 0. The van der Waals surface area contributed by atoms with Gasteiger partial charge in [-0.05, 0) is 55.6 Å². The number of hydrogen-bond acceptors (Lipinski definition) is 6. The van der Waals surface area contributed by atoms with Gasteiger partial charge in [-0.25, -0.2) is 10.0 Å². The number of rotatable bonds is 4. The molecule has 0 amide bonds. The van der Waals surface area contributed by atoms with Crippen LogP contribution >= 0.6 is 16.7 Å². The predicted octanol–water partition coefficient (Wildman–Crippen LogP) is 3.47. The first-order chi connectivity index (χ1) is 9.71. The molecule has 0 aliphatic carbocycles. The monoisotopic (exact) mass is 350 g/mol. The molecule has 1 fully saturated rings. The van der Waals surface area contributed by atoms with Gasteiger partial charge in [-0.15, -0.1) is 9.10 Å². The Labute approximate surface area is 140 Å². The molecule has 8 heteroatoms. The molecule has 132 valence electrons. The van der Waals surface area contributed by atoms with Crippen molar-refractivity contribution in [2.75, 3.05) is 42.3 Å². The van der Waals surface area contributed by atoms with E-state index in [4.69, 9.17) is 0 Å². The zero-order valence-corrected chi connectivity index (χ0v) is 18.4. The largest absolute Gasteiger partial charge is 0.253 e. The topological polar surface area (TPSA) is 19.4 Å². The first-order valence-electron chi connectivity index (χ1n) is 7.73. The molecule has 0 aromatic rings. The van der Waals surface area contributed by atoms with Crippen LogP contribution in [0.3, 0.4) is 0 Å². The van der Waals surface area contributed by atoms with E-state index < -0.39 is 16.7 Å². The summed E-state index contributed by atoms with van der Waals surface area (Å²) in [5.74, 6) is 0. The molecule has 1 aliphatic heterocycles. The summed E-state index contributed by atoms with van der Waals surface area (Å²) < 4.78 is 10.1. The van der Waals surface area contributed by atoms with Crippen LogP contribution in [-0.4, -0.2) is 81.8 Å². The van der Waals surface area contributed by atoms with Gasteiger partial charge in [0.15, 0.2) is 16.7 Å². The van der Waals surface area contributed by atoms with E-state index in [2.05, 4.69) is 112 Å². The fraction of sp³-hybridized carbons (Fsp3) is 1.00. The average Bonchev–Trinajstić information content (AvgIpc) is 2.23. The summed E-state index contributed by atoms with van der Waals surface area (Å²) in [7, 11) is 12.0. The van der Waals surface area contributed by atoms with Crippen molar-refractivity contribution >= 4 is 16.7 Å². The fourth-order valence-corrected chi connectivity index (χ4v) is 8.49.